The van der Waals surface area contributed by atoms with E-state index in [9.17, 15) is 19.2 Å². The second-order valence-corrected chi connectivity index (χ2v) is 6.74. The molecule has 8 nitrogen and oxygen atoms in total. The van der Waals surface area contributed by atoms with Crippen LogP contribution in [-0.2, 0) is 14.4 Å². The van der Waals surface area contributed by atoms with E-state index in [1.807, 2.05) is 0 Å². The lowest BCUT2D eigenvalue weighted by atomic mass is 10.0. The van der Waals surface area contributed by atoms with Crippen molar-refractivity contribution in [2.75, 3.05) is 6.54 Å². The minimum absolute atomic E-state index is 0.186. The lowest BCUT2D eigenvalue weighted by molar-refractivity contribution is -0.173. The topological polar surface area (TPSA) is 105 Å². The van der Waals surface area contributed by atoms with Crippen LogP contribution in [0.2, 0.25) is 0 Å². The Bertz CT molecular complexity index is 720. The van der Waals surface area contributed by atoms with Crippen molar-refractivity contribution in [1.82, 2.24) is 15.7 Å². The largest absolute Gasteiger partial charge is 0.355 e. The molecule has 2 aliphatic rings. The highest BCUT2D eigenvalue weighted by Crippen LogP contribution is 2.23. The summed E-state index contributed by atoms with van der Waals surface area (Å²) in [6, 6.07) is 4.94. The van der Waals surface area contributed by atoms with Crippen LogP contribution in [0.15, 0.2) is 24.3 Å². The number of nitrogens with one attached hydrogen (secondary N) is 2. The zero-order valence-electron chi connectivity index (χ0n) is 14.7. The van der Waals surface area contributed by atoms with Gasteiger partial charge in [-0.05, 0) is 37.4 Å². The third-order valence-corrected chi connectivity index (χ3v) is 4.53. The van der Waals surface area contributed by atoms with E-state index in [0.717, 1.165) is 13.0 Å². The standard InChI is InChI=1S/C18H21N3O5/c1-10(2)14(20-15(22)13-8-5-9-19-13)18(25)26-21-16(23)11-6-3-4-7-12(11)17(21)24/h3-4,6-7,10,13-14,19H,5,8-9H2,1-2H3,(H,20,22)/t13-,14+/m1/s1. The maximum absolute atomic E-state index is 12.5. The van der Waals surface area contributed by atoms with Gasteiger partial charge in [0.15, 0.2) is 0 Å². The molecule has 0 spiro atoms. The smallest absolute Gasteiger partial charge is 0.341 e. The van der Waals surface area contributed by atoms with Crippen LogP contribution in [0.3, 0.4) is 0 Å². The number of carbonyl (C=O) groups excluding carboxylic acids is 4. The fraction of sp³-hybridized carbons (Fsp3) is 0.444. The monoisotopic (exact) mass is 359 g/mol. The molecule has 0 radical (unpaired) electrons. The van der Waals surface area contributed by atoms with E-state index in [1.165, 1.54) is 12.1 Å². The van der Waals surface area contributed by atoms with Crippen LogP contribution < -0.4 is 10.6 Å². The van der Waals surface area contributed by atoms with Crippen molar-refractivity contribution in [2.24, 2.45) is 5.92 Å². The van der Waals surface area contributed by atoms with Gasteiger partial charge in [-0.1, -0.05) is 31.0 Å². The molecule has 2 N–H and O–H groups in total. The van der Waals surface area contributed by atoms with Gasteiger partial charge in [-0.2, -0.15) is 0 Å². The van der Waals surface area contributed by atoms with Crippen molar-refractivity contribution >= 4 is 23.7 Å². The molecule has 0 bridgehead atoms. The highest BCUT2D eigenvalue weighted by atomic mass is 16.7. The van der Waals surface area contributed by atoms with Gasteiger partial charge in [-0.3, -0.25) is 14.4 Å². The SMILES string of the molecule is CC(C)[C@H](NC(=O)[C@H]1CCCN1)C(=O)ON1C(=O)c2ccccc2C1=O. The van der Waals surface area contributed by atoms with E-state index in [0.29, 0.717) is 11.5 Å². The molecule has 0 unspecified atom stereocenters. The van der Waals surface area contributed by atoms with Crippen LogP contribution in [-0.4, -0.2) is 47.4 Å². The molecule has 2 aliphatic heterocycles. The zero-order chi connectivity index (χ0) is 18.8. The van der Waals surface area contributed by atoms with Crippen LogP contribution in [0, 0.1) is 5.92 Å². The molecule has 1 saturated heterocycles. The van der Waals surface area contributed by atoms with Gasteiger partial charge in [0, 0.05) is 0 Å². The van der Waals surface area contributed by atoms with Gasteiger partial charge in [-0.25, -0.2) is 4.79 Å². The lowest BCUT2D eigenvalue weighted by Crippen LogP contribution is -2.52. The zero-order valence-corrected chi connectivity index (χ0v) is 14.7. The number of amides is 3. The molecule has 138 valence electrons. The normalized spacial score (nSPS) is 20.3. The Kier molecular flexibility index (Phi) is 5.03. The summed E-state index contributed by atoms with van der Waals surface area (Å²) in [5.41, 5.74) is 0.371. The molecule has 1 fully saturated rings. The van der Waals surface area contributed by atoms with E-state index in [4.69, 9.17) is 4.84 Å². The van der Waals surface area contributed by atoms with Crippen molar-refractivity contribution in [3.05, 3.63) is 35.4 Å². The predicted molar refractivity (Wildman–Crippen MR) is 90.8 cm³/mol. The van der Waals surface area contributed by atoms with Gasteiger partial charge in [0.2, 0.25) is 5.91 Å². The average molecular weight is 359 g/mol. The number of rotatable bonds is 5. The summed E-state index contributed by atoms with van der Waals surface area (Å²) in [6.45, 7) is 4.25. The third-order valence-electron chi connectivity index (χ3n) is 4.53. The van der Waals surface area contributed by atoms with E-state index >= 15 is 0 Å². The first-order chi connectivity index (χ1) is 12.4. The summed E-state index contributed by atoms with van der Waals surface area (Å²) in [5.74, 6) is -2.79. The number of benzene rings is 1. The Morgan fingerprint density at radius 1 is 1.19 bits per heavy atom. The second-order valence-electron chi connectivity index (χ2n) is 6.74. The van der Waals surface area contributed by atoms with Crippen molar-refractivity contribution < 1.29 is 24.0 Å². The molecule has 2 heterocycles. The summed E-state index contributed by atoms with van der Waals surface area (Å²) in [4.78, 5) is 54.5. The van der Waals surface area contributed by atoms with E-state index in [-0.39, 0.29) is 29.0 Å². The van der Waals surface area contributed by atoms with Crippen molar-refractivity contribution in [3.8, 4) is 0 Å². The van der Waals surface area contributed by atoms with E-state index in [2.05, 4.69) is 10.6 Å². The van der Waals surface area contributed by atoms with Gasteiger partial charge in [0.25, 0.3) is 11.8 Å². The van der Waals surface area contributed by atoms with Crippen LogP contribution in [0.1, 0.15) is 47.4 Å². The third kappa shape index (κ3) is 3.32. The molecule has 1 aromatic carbocycles. The maximum atomic E-state index is 12.5. The highest BCUT2D eigenvalue weighted by Gasteiger charge is 2.40. The van der Waals surface area contributed by atoms with E-state index in [1.54, 1.807) is 26.0 Å². The Labute approximate surface area is 150 Å². The van der Waals surface area contributed by atoms with Crippen LogP contribution in [0.25, 0.3) is 0 Å². The molecule has 0 aliphatic carbocycles. The molecule has 3 amide bonds. The summed E-state index contributed by atoms with van der Waals surface area (Å²) in [7, 11) is 0. The predicted octanol–water partition coefficient (Wildman–Crippen LogP) is 0.634. The Hall–Kier alpha value is -2.74. The molecule has 8 heteroatoms. The first-order valence-electron chi connectivity index (χ1n) is 8.63. The summed E-state index contributed by atoms with van der Waals surface area (Å²) >= 11 is 0. The van der Waals surface area contributed by atoms with Crippen molar-refractivity contribution in [2.45, 2.75) is 38.8 Å². The number of imide groups is 1. The minimum atomic E-state index is -0.964. The molecule has 3 rings (SSSR count). The van der Waals surface area contributed by atoms with Crippen LogP contribution in [0.4, 0.5) is 0 Å². The molecular formula is C18H21N3O5. The highest BCUT2D eigenvalue weighted by molar-refractivity contribution is 6.20. The number of fused-ring (bicyclic) bond motifs is 1. The summed E-state index contributed by atoms with van der Waals surface area (Å²) < 4.78 is 0. The Morgan fingerprint density at radius 3 is 2.31 bits per heavy atom. The van der Waals surface area contributed by atoms with Gasteiger partial charge in [0.05, 0.1) is 17.2 Å². The van der Waals surface area contributed by atoms with Gasteiger partial charge >= 0.3 is 5.97 Å². The number of hydrogen-bond acceptors (Lipinski definition) is 6. The van der Waals surface area contributed by atoms with Crippen LogP contribution in [0.5, 0.6) is 0 Å². The Morgan fingerprint density at radius 2 is 1.81 bits per heavy atom. The lowest BCUT2D eigenvalue weighted by Gasteiger charge is -2.24. The van der Waals surface area contributed by atoms with Gasteiger partial charge < -0.3 is 15.5 Å². The summed E-state index contributed by atoms with van der Waals surface area (Å²) in [5, 5.41) is 6.17. The fourth-order valence-electron chi connectivity index (χ4n) is 3.06. The quantitative estimate of drug-likeness (QED) is 0.748. The molecule has 2 atom stereocenters. The Balaban J connectivity index is 1.70. The first-order valence-corrected chi connectivity index (χ1v) is 8.63. The van der Waals surface area contributed by atoms with Gasteiger partial charge in [0.1, 0.15) is 6.04 Å². The summed E-state index contributed by atoms with van der Waals surface area (Å²) in [6.07, 6.45) is 1.59. The van der Waals surface area contributed by atoms with Crippen LogP contribution >= 0.6 is 0 Å². The number of hydrogen-bond donors (Lipinski definition) is 2. The number of nitrogens with zero attached hydrogens (tertiary/aromatic N) is 1. The minimum Gasteiger partial charge on any atom is -0.341 e. The molecular weight excluding hydrogens is 338 g/mol. The molecule has 1 aromatic rings. The number of hydroxylamine groups is 2. The van der Waals surface area contributed by atoms with E-state index < -0.39 is 23.8 Å². The number of carbonyl (C=O) groups is 4. The molecule has 0 aromatic heterocycles. The second kappa shape index (κ2) is 7.25. The first kappa shape index (κ1) is 18.1. The maximum Gasteiger partial charge on any atom is 0.355 e. The molecule has 26 heavy (non-hydrogen) atoms. The average Bonchev–Trinajstić information content (AvgIpc) is 3.23. The van der Waals surface area contributed by atoms with Crippen molar-refractivity contribution in [3.63, 3.8) is 0 Å². The van der Waals surface area contributed by atoms with Gasteiger partial charge in [-0.15, -0.1) is 0 Å². The van der Waals surface area contributed by atoms with Crippen molar-refractivity contribution in [1.29, 1.82) is 0 Å². The molecule has 0 saturated carbocycles. The fourth-order valence-corrected chi connectivity index (χ4v) is 3.06.